The Morgan fingerprint density at radius 1 is 1.53 bits per heavy atom. The van der Waals surface area contributed by atoms with Crippen LogP contribution in [0.2, 0.25) is 0 Å². The van der Waals surface area contributed by atoms with Gasteiger partial charge in [-0.15, -0.1) is 0 Å². The number of rotatable bonds is 3. The highest BCUT2D eigenvalue weighted by Gasteiger charge is 2.30. The number of piperidine rings is 1. The van der Waals surface area contributed by atoms with Crippen LogP contribution in [0.25, 0.3) is 0 Å². The summed E-state index contributed by atoms with van der Waals surface area (Å²) in [5, 5.41) is 18.6. The standard InChI is InChI=1S/C15H23N3O/c1-12-13(7-14(8-16)17(12)3)9-18-6-4-5-15(2,10-18)11-19/h7,19H,4-6,9-11H2,1-3H3. The molecule has 0 amide bonds. The third kappa shape index (κ3) is 2.83. The summed E-state index contributed by atoms with van der Waals surface area (Å²) >= 11 is 0. The Morgan fingerprint density at radius 3 is 2.84 bits per heavy atom. The van der Waals surface area contributed by atoms with Gasteiger partial charge in [-0.25, -0.2) is 0 Å². The highest BCUT2D eigenvalue weighted by Crippen LogP contribution is 2.30. The second-order valence-electron chi connectivity index (χ2n) is 6.09. The summed E-state index contributed by atoms with van der Waals surface area (Å²) < 4.78 is 1.95. The molecule has 1 fully saturated rings. The molecule has 4 nitrogen and oxygen atoms in total. The lowest BCUT2D eigenvalue weighted by Crippen LogP contribution is -2.43. The Balaban J connectivity index is 2.12. The molecule has 0 aromatic carbocycles. The topological polar surface area (TPSA) is 52.2 Å². The maximum atomic E-state index is 9.50. The molecule has 0 radical (unpaired) electrons. The van der Waals surface area contributed by atoms with Crippen LogP contribution in [0.1, 0.15) is 36.7 Å². The van der Waals surface area contributed by atoms with Crippen molar-refractivity contribution in [1.82, 2.24) is 9.47 Å². The molecular weight excluding hydrogens is 238 g/mol. The molecule has 0 bridgehead atoms. The fourth-order valence-corrected chi connectivity index (χ4v) is 2.96. The third-order valence-electron chi connectivity index (χ3n) is 4.39. The van der Waals surface area contributed by atoms with Crippen LogP contribution in [0.4, 0.5) is 0 Å². The van der Waals surface area contributed by atoms with Gasteiger partial charge in [0.2, 0.25) is 0 Å². The molecule has 1 aromatic rings. The minimum atomic E-state index is 0.0268. The van der Waals surface area contributed by atoms with Gasteiger partial charge in [0.25, 0.3) is 0 Å². The molecule has 0 aliphatic carbocycles. The van der Waals surface area contributed by atoms with E-state index in [2.05, 4.69) is 24.8 Å². The van der Waals surface area contributed by atoms with Gasteiger partial charge in [0.05, 0.1) is 0 Å². The lowest BCUT2D eigenvalue weighted by atomic mass is 9.82. The van der Waals surface area contributed by atoms with Crippen molar-refractivity contribution in [3.63, 3.8) is 0 Å². The Kier molecular flexibility index (Phi) is 3.98. The number of nitrogens with zero attached hydrogens (tertiary/aromatic N) is 3. The lowest BCUT2D eigenvalue weighted by molar-refractivity contribution is 0.0428. The third-order valence-corrected chi connectivity index (χ3v) is 4.39. The van der Waals surface area contributed by atoms with Crippen LogP contribution < -0.4 is 0 Å². The monoisotopic (exact) mass is 261 g/mol. The van der Waals surface area contributed by atoms with Crippen molar-refractivity contribution in [2.45, 2.75) is 33.2 Å². The fraction of sp³-hybridized carbons (Fsp3) is 0.667. The first-order valence-corrected chi connectivity index (χ1v) is 6.87. The quantitative estimate of drug-likeness (QED) is 0.902. The average molecular weight is 261 g/mol. The van der Waals surface area contributed by atoms with E-state index in [9.17, 15) is 5.11 Å². The molecule has 2 heterocycles. The largest absolute Gasteiger partial charge is 0.396 e. The molecular formula is C15H23N3O. The van der Waals surface area contributed by atoms with E-state index in [-0.39, 0.29) is 12.0 Å². The Labute approximate surface area is 115 Å². The number of hydrogen-bond acceptors (Lipinski definition) is 3. The van der Waals surface area contributed by atoms with Gasteiger partial charge in [0.1, 0.15) is 11.8 Å². The molecule has 0 saturated carbocycles. The SMILES string of the molecule is Cc1c(CN2CCCC(C)(CO)C2)cc(C#N)n1C. The number of aliphatic hydroxyl groups excluding tert-OH is 1. The average Bonchev–Trinajstić information content (AvgIpc) is 2.67. The van der Waals surface area contributed by atoms with Gasteiger partial charge in [0.15, 0.2) is 0 Å². The second kappa shape index (κ2) is 5.36. The van der Waals surface area contributed by atoms with Crippen molar-refractivity contribution in [1.29, 1.82) is 5.26 Å². The van der Waals surface area contributed by atoms with Gasteiger partial charge >= 0.3 is 0 Å². The van der Waals surface area contributed by atoms with Crippen molar-refractivity contribution in [3.8, 4) is 6.07 Å². The maximum Gasteiger partial charge on any atom is 0.120 e. The summed E-state index contributed by atoms with van der Waals surface area (Å²) in [6.45, 7) is 7.34. The molecule has 1 aliphatic rings. The molecule has 1 saturated heterocycles. The number of likely N-dealkylation sites (tertiary alicyclic amines) is 1. The molecule has 19 heavy (non-hydrogen) atoms. The van der Waals surface area contributed by atoms with Crippen LogP contribution in [0.15, 0.2) is 6.07 Å². The van der Waals surface area contributed by atoms with Gasteiger partial charge in [-0.05, 0) is 37.9 Å². The van der Waals surface area contributed by atoms with Crippen molar-refractivity contribution >= 4 is 0 Å². The lowest BCUT2D eigenvalue weighted by Gasteiger charge is -2.39. The summed E-state index contributed by atoms with van der Waals surface area (Å²) in [4.78, 5) is 2.39. The van der Waals surface area contributed by atoms with E-state index in [1.807, 2.05) is 17.7 Å². The zero-order chi connectivity index (χ0) is 14.0. The summed E-state index contributed by atoms with van der Waals surface area (Å²) in [7, 11) is 1.94. The molecule has 1 aromatic heterocycles. The maximum absolute atomic E-state index is 9.50. The minimum Gasteiger partial charge on any atom is -0.396 e. The van der Waals surface area contributed by atoms with E-state index in [1.165, 1.54) is 5.56 Å². The van der Waals surface area contributed by atoms with Crippen molar-refractivity contribution < 1.29 is 5.11 Å². The zero-order valence-electron chi connectivity index (χ0n) is 12.1. The van der Waals surface area contributed by atoms with Gasteiger partial charge in [-0.2, -0.15) is 5.26 Å². The van der Waals surface area contributed by atoms with Gasteiger partial charge in [0, 0.05) is 37.9 Å². The van der Waals surface area contributed by atoms with Crippen molar-refractivity contribution in [3.05, 3.63) is 23.0 Å². The van der Waals surface area contributed by atoms with E-state index in [4.69, 9.17) is 5.26 Å². The highest BCUT2D eigenvalue weighted by molar-refractivity contribution is 5.34. The van der Waals surface area contributed by atoms with Crippen molar-refractivity contribution in [2.24, 2.45) is 12.5 Å². The number of aliphatic hydroxyl groups is 1. The second-order valence-corrected chi connectivity index (χ2v) is 6.09. The van der Waals surface area contributed by atoms with Crippen LogP contribution in [0.3, 0.4) is 0 Å². The van der Waals surface area contributed by atoms with Crippen molar-refractivity contribution in [2.75, 3.05) is 19.7 Å². The Morgan fingerprint density at radius 2 is 2.26 bits per heavy atom. The zero-order valence-corrected chi connectivity index (χ0v) is 12.1. The van der Waals surface area contributed by atoms with E-state index < -0.39 is 0 Å². The Hall–Kier alpha value is -1.31. The van der Waals surface area contributed by atoms with E-state index >= 15 is 0 Å². The first-order valence-electron chi connectivity index (χ1n) is 6.87. The summed E-state index contributed by atoms with van der Waals surface area (Å²) in [6.07, 6.45) is 2.23. The Bertz CT molecular complexity index is 500. The van der Waals surface area contributed by atoms with Gasteiger partial charge in [-0.1, -0.05) is 6.92 Å². The predicted octanol–water partition coefficient (Wildman–Crippen LogP) is 1.80. The molecule has 1 atom stereocenters. The van der Waals surface area contributed by atoms with Crippen LogP contribution in [0, 0.1) is 23.7 Å². The van der Waals surface area contributed by atoms with E-state index in [1.54, 1.807) is 0 Å². The summed E-state index contributed by atoms with van der Waals surface area (Å²) in [5.41, 5.74) is 3.13. The minimum absolute atomic E-state index is 0.0268. The summed E-state index contributed by atoms with van der Waals surface area (Å²) in [5.74, 6) is 0. The normalized spacial score (nSPS) is 24.4. The molecule has 0 spiro atoms. The van der Waals surface area contributed by atoms with Gasteiger partial charge < -0.3 is 9.67 Å². The molecule has 2 rings (SSSR count). The van der Waals surface area contributed by atoms with Crippen LogP contribution in [-0.4, -0.2) is 34.3 Å². The van der Waals surface area contributed by atoms with Crippen LogP contribution in [-0.2, 0) is 13.6 Å². The molecule has 4 heteroatoms. The smallest absolute Gasteiger partial charge is 0.120 e. The van der Waals surface area contributed by atoms with Gasteiger partial charge in [-0.3, -0.25) is 4.90 Å². The summed E-state index contributed by atoms with van der Waals surface area (Å²) in [6, 6.07) is 4.21. The number of nitriles is 1. The number of aromatic nitrogens is 1. The molecule has 1 N–H and O–H groups in total. The molecule has 1 aliphatic heterocycles. The molecule has 104 valence electrons. The molecule has 1 unspecified atom stereocenters. The fourth-order valence-electron chi connectivity index (χ4n) is 2.96. The van der Waals surface area contributed by atoms with E-state index in [0.29, 0.717) is 0 Å². The van der Waals surface area contributed by atoms with Crippen LogP contribution in [0.5, 0.6) is 0 Å². The first kappa shape index (κ1) is 14.1. The first-order chi connectivity index (χ1) is 8.99. The highest BCUT2D eigenvalue weighted by atomic mass is 16.3. The van der Waals surface area contributed by atoms with E-state index in [0.717, 1.165) is 43.9 Å². The number of hydrogen-bond donors (Lipinski definition) is 1. The van der Waals surface area contributed by atoms with Crippen LogP contribution >= 0.6 is 0 Å². The predicted molar refractivity (Wildman–Crippen MR) is 74.6 cm³/mol.